The molecule has 0 aliphatic carbocycles. The molecule has 0 unspecified atom stereocenters. The van der Waals surface area contributed by atoms with Gasteiger partial charge in [0.2, 0.25) is 0 Å². The first kappa shape index (κ1) is 11.4. The van der Waals surface area contributed by atoms with Crippen molar-refractivity contribution in [3.8, 4) is 6.07 Å². The third kappa shape index (κ3) is 3.21. The van der Waals surface area contributed by atoms with Gasteiger partial charge in [-0.3, -0.25) is 0 Å². The van der Waals surface area contributed by atoms with Gasteiger partial charge in [-0.2, -0.15) is 5.26 Å². The van der Waals surface area contributed by atoms with Crippen molar-refractivity contribution in [1.82, 2.24) is 0 Å². The maximum atomic E-state index is 12.9. The van der Waals surface area contributed by atoms with E-state index in [0.29, 0.717) is 25.1 Å². The topological polar surface area (TPSA) is 27.0 Å². The van der Waals surface area contributed by atoms with E-state index in [0.717, 1.165) is 12.1 Å². The van der Waals surface area contributed by atoms with Crippen LogP contribution in [0, 0.1) is 23.0 Å². The zero-order valence-corrected chi connectivity index (χ0v) is 8.50. The predicted molar refractivity (Wildman–Crippen MR) is 54.5 cm³/mol. The van der Waals surface area contributed by atoms with Gasteiger partial charge in [0.25, 0.3) is 0 Å². The van der Waals surface area contributed by atoms with Gasteiger partial charge in [-0.15, -0.1) is 0 Å². The number of benzene rings is 1. The van der Waals surface area contributed by atoms with Crippen molar-refractivity contribution in [2.75, 3.05) is 18.5 Å². The summed E-state index contributed by atoms with van der Waals surface area (Å²) in [4.78, 5) is 1.79. The maximum absolute atomic E-state index is 12.9. The third-order valence-corrected chi connectivity index (χ3v) is 2.13. The molecule has 1 aromatic carbocycles. The number of rotatable bonds is 4. The molecular weight excluding hydrogens is 198 g/mol. The van der Waals surface area contributed by atoms with Crippen molar-refractivity contribution in [2.45, 2.75) is 12.8 Å². The molecule has 2 nitrogen and oxygen atoms in total. The Labute approximate surface area is 87.7 Å². The molecule has 0 radical (unpaired) electrons. The standard InChI is InChI=1S/C11H12F2N2/c1-15(7-3-2-6-14)9-4-5-10(12)11(13)8-9/h4-5,8H,2-3,7H2,1H3. The molecule has 80 valence electrons. The van der Waals surface area contributed by atoms with Crippen LogP contribution in [0.25, 0.3) is 0 Å². The lowest BCUT2D eigenvalue weighted by atomic mass is 10.2. The summed E-state index contributed by atoms with van der Waals surface area (Å²) >= 11 is 0. The Hall–Kier alpha value is -1.63. The number of hydrogen-bond acceptors (Lipinski definition) is 2. The first-order valence-corrected chi connectivity index (χ1v) is 4.68. The molecule has 0 amide bonds. The number of hydrogen-bond donors (Lipinski definition) is 0. The lowest BCUT2D eigenvalue weighted by molar-refractivity contribution is 0.508. The lowest BCUT2D eigenvalue weighted by Gasteiger charge is -2.18. The average Bonchev–Trinajstić information content (AvgIpc) is 2.22. The minimum Gasteiger partial charge on any atom is -0.374 e. The molecule has 0 saturated carbocycles. The van der Waals surface area contributed by atoms with Gasteiger partial charge in [-0.25, -0.2) is 8.78 Å². The summed E-state index contributed by atoms with van der Waals surface area (Å²) in [5.74, 6) is -1.69. The maximum Gasteiger partial charge on any atom is 0.160 e. The van der Waals surface area contributed by atoms with Gasteiger partial charge in [0.05, 0.1) is 6.07 Å². The highest BCUT2D eigenvalue weighted by Crippen LogP contribution is 2.16. The lowest BCUT2D eigenvalue weighted by Crippen LogP contribution is -2.18. The van der Waals surface area contributed by atoms with Gasteiger partial charge in [0, 0.05) is 31.8 Å². The number of nitriles is 1. The highest BCUT2D eigenvalue weighted by Gasteiger charge is 2.05. The molecule has 0 aliphatic rings. The Balaban J connectivity index is 2.62. The zero-order chi connectivity index (χ0) is 11.3. The van der Waals surface area contributed by atoms with Crippen LogP contribution in [0.4, 0.5) is 14.5 Å². The van der Waals surface area contributed by atoms with Crippen LogP contribution in [0.15, 0.2) is 18.2 Å². The van der Waals surface area contributed by atoms with Crippen molar-refractivity contribution in [3.05, 3.63) is 29.8 Å². The summed E-state index contributed by atoms with van der Waals surface area (Å²) in [5, 5.41) is 8.35. The van der Waals surface area contributed by atoms with Gasteiger partial charge in [-0.1, -0.05) is 0 Å². The summed E-state index contributed by atoms with van der Waals surface area (Å²) < 4.78 is 25.5. The van der Waals surface area contributed by atoms with E-state index in [2.05, 4.69) is 0 Å². The zero-order valence-electron chi connectivity index (χ0n) is 8.50. The Kier molecular flexibility index (Phi) is 4.04. The van der Waals surface area contributed by atoms with Crippen LogP contribution >= 0.6 is 0 Å². The van der Waals surface area contributed by atoms with E-state index in [-0.39, 0.29) is 0 Å². The fourth-order valence-corrected chi connectivity index (χ4v) is 1.25. The quantitative estimate of drug-likeness (QED) is 0.714. The van der Waals surface area contributed by atoms with E-state index < -0.39 is 11.6 Å². The van der Waals surface area contributed by atoms with Gasteiger partial charge in [-0.05, 0) is 18.6 Å². The fraction of sp³-hybridized carbons (Fsp3) is 0.364. The summed E-state index contributed by atoms with van der Waals surface area (Å²) in [6.45, 7) is 0.651. The fourth-order valence-electron chi connectivity index (χ4n) is 1.25. The Bertz CT molecular complexity index is 371. The monoisotopic (exact) mass is 210 g/mol. The normalized spacial score (nSPS) is 9.73. The molecule has 0 aromatic heterocycles. The molecule has 0 aliphatic heterocycles. The van der Waals surface area contributed by atoms with Crippen molar-refractivity contribution < 1.29 is 8.78 Å². The average molecular weight is 210 g/mol. The van der Waals surface area contributed by atoms with Crippen molar-refractivity contribution in [3.63, 3.8) is 0 Å². The van der Waals surface area contributed by atoms with E-state index in [1.165, 1.54) is 6.07 Å². The Morgan fingerprint density at radius 3 is 2.67 bits per heavy atom. The van der Waals surface area contributed by atoms with Crippen LogP contribution < -0.4 is 4.90 Å². The van der Waals surface area contributed by atoms with Crippen LogP contribution in [0.5, 0.6) is 0 Å². The van der Waals surface area contributed by atoms with Gasteiger partial charge >= 0.3 is 0 Å². The third-order valence-electron chi connectivity index (χ3n) is 2.13. The predicted octanol–water partition coefficient (Wildman–Crippen LogP) is 2.70. The minimum absolute atomic E-state index is 0.466. The van der Waals surface area contributed by atoms with E-state index >= 15 is 0 Å². The SMILES string of the molecule is CN(CCCC#N)c1ccc(F)c(F)c1. The highest BCUT2D eigenvalue weighted by atomic mass is 19.2. The van der Waals surface area contributed by atoms with Crippen LogP contribution in [-0.2, 0) is 0 Å². The van der Waals surface area contributed by atoms with E-state index in [1.807, 2.05) is 6.07 Å². The van der Waals surface area contributed by atoms with E-state index in [1.54, 1.807) is 11.9 Å². The Morgan fingerprint density at radius 1 is 1.33 bits per heavy atom. The van der Waals surface area contributed by atoms with Crippen LogP contribution in [0.1, 0.15) is 12.8 Å². The van der Waals surface area contributed by atoms with E-state index in [4.69, 9.17) is 5.26 Å². The second-order valence-corrected chi connectivity index (χ2v) is 3.28. The number of halogens is 2. The number of anilines is 1. The molecule has 0 spiro atoms. The molecular formula is C11H12F2N2. The van der Waals surface area contributed by atoms with E-state index in [9.17, 15) is 8.78 Å². The molecule has 0 heterocycles. The van der Waals surface area contributed by atoms with Crippen molar-refractivity contribution in [2.24, 2.45) is 0 Å². The summed E-state index contributed by atoms with van der Waals surface area (Å²) in [6.07, 6.45) is 1.18. The second-order valence-electron chi connectivity index (χ2n) is 3.28. The molecule has 0 bridgehead atoms. The van der Waals surface area contributed by atoms with Crippen molar-refractivity contribution >= 4 is 5.69 Å². The smallest absolute Gasteiger partial charge is 0.160 e. The highest BCUT2D eigenvalue weighted by molar-refractivity contribution is 5.45. The molecule has 15 heavy (non-hydrogen) atoms. The van der Waals surface area contributed by atoms with Gasteiger partial charge in [0.15, 0.2) is 11.6 Å². The molecule has 0 saturated heterocycles. The Morgan fingerprint density at radius 2 is 2.07 bits per heavy atom. The van der Waals surface area contributed by atoms with Gasteiger partial charge in [0.1, 0.15) is 0 Å². The van der Waals surface area contributed by atoms with Crippen LogP contribution in [0.2, 0.25) is 0 Å². The molecule has 0 fully saturated rings. The number of unbranched alkanes of at least 4 members (excludes halogenated alkanes) is 1. The summed E-state index contributed by atoms with van der Waals surface area (Å²) in [6, 6.07) is 5.81. The summed E-state index contributed by atoms with van der Waals surface area (Å²) in [5.41, 5.74) is 0.617. The molecule has 1 rings (SSSR count). The van der Waals surface area contributed by atoms with Gasteiger partial charge < -0.3 is 4.90 Å². The first-order chi connectivity index (χ1) is 7.15. The second kappa shape index (κ2) is 5.30. The molecule has 0 atom stereocenters. The molecule has 1 aromatic rings. The van der Waals surface area contributed by atoms with Crippen LogP contribution in [-0.4, -0.2) is 13.6 Å². The number of nitrogens with zero attached hydrogens (tertiary/aromatic N) is 2. The molecule has 4 heteroatoms. The largest absolute Gasteiger partial charge is 0.374 e. The molecule has 0 N–H and O–H groups in total. The van der Waals surface area contributed by atoms with Crippen molar-refractivity contribution in [1.29, 1.82) is 5.26 Å². The first-order valence-electron chi connectivity index (χ1n) is 4.68. The van der Waals surface area contributed by atoms with Crippen LogP contribution in [0.3, 0.4) is 0 Å². The minimum atomic E-state index is -0.848. The summed E-state index contributed by atoms with van der Waals surface area (Å²) in [7, 11) is 1.78.